The molecule has 0 spiro atoms. The van der Waals surface area contributed by atoms with Gasteiger partial charge in [-0.25, -0.2) is 9.79 Å². The van der Waals surface area contributed by atoms with Crippen LogP contribution in [0.4, 0.5) is 16.2 Å². The number of amidine groups is 2. The molecule has 2 N–H and O–H groups in total. The number of aliphatic imine (C=N–C) groups is 2. The molecule has 1 aliphatic heterocycles. The number of hydrogen-bond donors (Lipinski definition) is 2. The van der Waals surface area contributed by atoms with Crippen LogP contribution in [0.1, 0.15) is 66.0 Å². The van der Waals surface area contributed by atoms with Gasteiger partial charge in [0.2, 0.25) is 0 Å². The summed E-state index contributed by atoms with van der Waals surface area (Å²) < 4.78 is 7.16. The van der Waals surface area contributed by atoms with Crippen LogP contribution in [0.25, 0.3) is 0 Å². The van der Waals surface area contributed by atoms with E-state index in [1.54, 1.807) is 22.6 Å². The van der Waals surface area contributed by atoms with E-state index in [-0.39, 0.29) is 11.5 Å². The lowest BCUT2D eigenvalue weighted by atomic mass is 9.88. The van der Waals surface area contributed by atoms with Crippen LogP contribution in [0.5, 0.6) is 0 Å². The Labute approximate surface area is 218 Å². The first-order valence-electron chi connectivity index (χ1n) is 12.2. The van der Waals surface area contributed by atoms with Crippen LogP contribution < -0.4 is 10.6 Å². The molecule has 194 valence electrons. The topological polar surface area (TPSA) is 92.9 Å². The number of aromatic nitrogens is 2. The molecule has 36 heavy (non-hydrogen) atoms. The second-order valence-corrected chi connectivity index (χ2v) is 11.4. The molecule has 0 saturated carbocycles. The molecule has 2 heterocycles. The van der Waals surface area contributed by atoms with Crippen LogP contribution in [0.2, 0.25) is 0 Å². The lowest BCUT2D eigenvalue weighted by Crippen LogP contribution is -2.27. The molecule has 0 fully saturated rings. The van der Waals surface area contributed by atoms with Crippen LogP contribution in [-0.2, 0) is 11.8 Å². The van der Waals surface area contributed by atoms with Crippen molar-refractivity contribution in [1.82, 2.24) is 9.78 Å². The number of nitrogens with one attached hydrogen (secondary N) is 2. The molecular weight excluding hydrogens is 472 g/mol. The van der Waals surface area contributed by atoms with Gasteiger partial charge in [0.05, 0.1) is 17.9 Å². The second-order valence-electron chi connectivity index (χ2n) is 10.6. The molecule has 1 amide bonds. The molecule has 1 aromatic heterocycles. The summed E-state index contributed by atoms with van der Waals surface area (Å²) in [6.45, 7) is 12.0. The maximum Gasteiger partial charge on any atom is 0.412 e. The van der Waals surface area contributed by atoms with Crippen LogP contribution in [-0.4, -0.2) is 39.4 Å². The van der Waals surface area contributed by atoms with E-state index in [4.69, 9.17) is 14.7 Å². The van der Waals surface area contributed by atoms with E-state index in [0.29, 0.717) is 11.5 Å². The van der Waals surface area contributed by atoms with E-state index < -0.39 is 11.7 Å². The fraction of sp³-hybridized carbons (Fsp3) is 0.481. The lowest BCUT2D eigenvalue weighted by molar-refractivity contribution is 0.0636. The van der Waals surface area contributed by atoms with E-state index >= 15 is 0 Å². The predicted molar refractivity (Wildman–Crippen MR) is 151 cm³/mol. The van der Waals surface area contributed by atoms with E-state index in [2.05, 4.69) is 48.8 Å². The molecule has 1 unspecified atom stereocenters. The van der Waals surface area contributed by atoms with Gasteiger partial charge in [0.15, 0.2) is 5.84 Å². The van der Waals surface area contributed by atoms with E-state index in [1.165, 1.54) is 0 Å². The van der Waals surface area contributed by atoms with Crippen molar-refractivity contribution < 1.29 is 9.53 Å². The highest BCUT2D eigenvalue weighted by molar-refractivity contribution is 8.03. The van der Waals surface area contributed by atoms with Crippen molar-refractivity contribution >= 4 is 40.9 Å². The number of thioether (sulfide) groups is 1. The number of carbonyl (C=O) groups excluding carboxylic acids is 1. The lowest BCUT2D eigenvalue weighted by Gasteiger charge is -2.20. The summed E-state index contributed by atoms with van der Waals surface area (Å²) in [5, 5.41) is 10.5. The Morgan fingerprint density at radius 1 is 1.31 bits per heavy atom. The Morgan fingerprint density at radius 2 is 2.06 bits per heavy atom. The SMILES string of the molecule is CCC(N=C1N=C(Nc2cnn(C)c2)CC(C)(C)C=C1SC)c1cccc(NC(=O)OC(C)(C)C)c1. The third-order valence-electron chi connectivity index (χ3n) is 5.40. The molecule has 0 saturated heterocycles. The van der Waals surface area contributed by atoms with Gasteiger partial charge < -0.3 is 10.1 Å². The Balaban J connectivity index is 1.94. The predicted octanol–water partition coefficient (Wildman–Crippen LogP) is 6.80. The normalized spacial score (nSPS) is 17.6. The first kappa shape index (κ1) is 27.5. The number of nitrogens with zero attached hydrogens (tertiary/aromatic N) is 4. The van der Waals surface area contributed by atoms with Gasteiger partial charge in [0.1, 0.15) is 11.4 Å². The van der Waals surface area contributed by atoms with Gasteiger partial charge in [-0.3, -0.25) is 15.0 Å². The number of hydrogen-bond acceptors (Lipinski definition) is 6. The fourth-order valence-corrected chi connectivity index (χ4v) is 4.60. The van der Waals surface area contributed by atoms with Gasteiger partial charge in [-0.1, -0.05) is 39.0 Å². The average Bonchev–Trinajstić information content (AvgIpc) is 3.12. The maximum absolute atomic E-state index is 12.3. The molecule has 3 rings (SSSR count). The molecular formula is C27H38N6O2S. The number of amides is 1. The highest BCUT2D eigenvalue weighted by atomic mass is 32.2. The Kier molecular flexibility index (Phi) is 8.66. The van der Waals surface area contributed by atoms with Crippen LogP contribution in [0.3, 0.4) is 0 Å². The molecule has 2 aromatic rings. The Morgan fingerprint density at radius 3 is 2.67 bits per heavy atom. The zero-order valence-electron chi connectivity index (χ0n) is 22.5. The number of ether oxygens (including phenoxy) is 1. The van der Waals surface area contributed by atoms with Crippen LogP contribution in [0, 0.1) is 5.41 Å². The molecule has 9 heteroatoms. The molecule has 8 nitrogen and oxygen atoms in total. The fourth-order valence-electron chi connectivity index (χ4n) is 3.89. The van der Waals surface area contributed by atoms with Gasteiger partial charge in [0, 0.05) is 30.3 Å². The molecule has 0 aliphatic carbocycles. The average molecular weight is 511 g/mol. The van der Waals surface area contributed by atoms with Crippen molar-refractivity contribution in [3.05, 3.63) is 53.2 Å². The number of allylic oxidation sites excluding steroid dienone is 1. The van der Waals surface area contributed by atoms with Gasteiger partial charge in [0.25, 0.3) is 0 Å². The first-order valence-corrected chi connectivity index (χ1v) is 13.4. The standard InChI is InChI=1S/C27H38N6O2S/c1-9-21(18-11-10-12-19(13-18)30-25(34)35-26(2,3)4)31-24-22(36-8)14-27(5,6)15-23(32-24)29-20-16-28-33(7)17-20/h10-14,16-17,21H,9,15H2,1-8H3,(H,30,34)(H,29,31,32). The summed E-state index contributed by atoms with van der Waals surface area (Å²) in [6, 6.07) is 7.62. The Bertz CT molecular complexity index is 1170. The zero-order valence-corrected chi connectivity index (χ0v) is 23.4. The van der Waals surface area contributed by atoms with Gasteiger partial charge in [-0.2, -0.15) is 5.10 Å². The van der Waals surface area contributed by atoms with E-state index in [1.807, 2.05) is 58.3 Å². The highest BCUT2D eigenvalue weighted by Gasteiger charge is 2.26. The van der Waals surface area contributed by atoms with Crippen molar-refractivity contribution in [2.24, 2.45) is 22.4 Å². The minimum atomic E-state index is -0.562. The monoisotopic (exact) mass is 510 g/mol. The summed E-state index contributed by atoms with van der Waals surface area (Å²) in [7, 11) is 1.89. The smallest absolute Gasteiger partial charge is 0.412 e. The van der Waals surface area contributed by atoms with Crippen molar-refractivity contribution in [2.45, 2.75) is 66.0 Å². The molecule has 1 aromatic carbocycles. The summed E-state index contributed by atoms with van der Waals surface area (Å²) in [5.41, 5.74) is 1.91. The number of benzene rings is 1. The zero-order chi connectivity index (χ0) is 26.5. The molecule has 0 radical (unpaired) electrons. The number of aryl methyl sites for hydroxylation is 1. The first-order chi connectivity index (χ1) is 16.9. The van der Waals surface area contributed by atoms with E-state index in [0.717, 1.165) is 34.8 Å². The van der Waals surface area contributed by atoms with Crippen molar-refractivity contribution in [2.75, 3.05) is 16.9 Å². The van der Waals surface area contributed by atoms with Crippen LogP contribution >= 0.6 is 11.8 Å². The second kappa shape index (κ2) is 11.3. The third kappa shape index (κ3) is 7.98. The summed E-state index contributed by atoms with van der Waals surface area (Å²) in [6.07, 6.45) is 9.08. The number of anilines is 2. The van der Waals surface area contributed by atoms with Crippen molar-refractivity contribution in [3.8, 4) is 0 Å². The minimum Gasteiger partial charge on any atom is -0.444 e. The minimum absolute atomic E-state index is 0.0946. The summed E-state index contributed by atoms with van der Waals surface area (Å²) in [5.74, 6) is 1.55. The number of carbonyl (C=O) groups is 1. The molecule has 1 atom stereocenters. The quantitative estimate of drug-likeness (QED) is 0.446. The number of rotatable bonds is 6. The highest BCUT2D eigenvalue weighted by Crippen LogP contribution is 2.34. The van der Waals surface area contributed by atoms with Gasteiger partial charge >= 0.3 is 6.09 Å². The largest absolute Gasteiger partial charge is 0.444 e. The third-order valence-corrected chi connectivity index (χ3v) is 6.14. The molecule has 0 bridgehead atoms. The molecule has 1 aliphatic rings. The van der Waals surface area contributed by atoms with Gasteiger partial charge in [-0.05, 0) is 56.6 Å². The van der Waals surface area contributed by atoms with E-state index in [9.17, 15) is 4.79 Å². The summed E-state index contributed by atoms with van der Waals surface area (Å²) in [4.78, 5) is 23.4. The Hall–Kier alpha value is -3.07. The maximum atomic E-state index is 12.3. The van der Waals surface area contributed by atoms with Crippen LogP contribution in [0.15, 0.2) is 57.6 Å². The van der Waals surface area contributed by atoms with Crippen molar-refractivity contribution in [1.29, 1.82) is 0 Å². The summed E-state index contributed by atoms with van der Waals surface area (Å²) >= 11 is 1.65. The van der Waals surface area contributed by atoms with Gasteiger partial charge in [-0.15, -0.1) is 11.8 Å². The van der Waals surface area contributed by atoms with Crippen molar-refractivity contribution in [3.63, 3.8) is 0 Å².